The van der Waals surface area contributed by atoms with Crippen molar-refractivity contribution < 1.29 is 31.8 Å². The Balaban J connectivity index is 2.32. The van der Waals surface area contributed by atoms with Crippen LogP contribution in [0.25, 0.3) is 0 Å². The molecule has 0 spiro atoms. The van der Waals surface area contributed by atoms with Gasteiger partial charge in [-0.2, -0.15) is 8.42 Å². The number of fused-ring (bicyclic) bond motifs is 1. The van der Waals surface area contributed by atoms with Gasteiger partial charge in [0.2, 0.25) is 0 Å². The highest BCUT2D eigenvalue weighted by Gasteiger charge is 2.38. The summed E-state index contributed by atoms with van der Waals surface area (Å²) in [5, 5.41) is 9.96. The fourth-order valence-electron chi connectivity index (χ4n) is 2.48. The van der Waals surface area contributed by atoms with Gasteiger partial charge in [-0.25, -0.2) is 0 Å². The van der Waals surface area contributed by atoms with Gasteiger partial charge in [-0.3, -0.25) is 4.79 Å². The van der Waals surface area contributed by atoms with E-state index in [0.29, 0.717) is 16.6 Å². The van der Waals surface area contributed by atoms with Crippen molar-refractivity contribution in [1.29, 1.82) is 0 Å². The van der Waals surface area contributed by atoms with E-state index >= 15 is 0 Å². The van der Waals surface area contributed by atoms with Crippen LogP contribution >= 0.6 is 0 Å². The lowest BCUT2D eigenvalue weighted by Gasteiger charge is -2.14. The van der Waals surface area contributed by atoms with Gasteiger partial charge in [0.05, 0.1) is 25.4 Å². The van der Waals surface area contributed by atoms with Crippen molar-refractivity contribution >= 4 is 28.7 Å². The second kappa shape index (κ2) is 6.27. The van der Waals surface area contributed by atoms with Gasteiger partial charge >= 0.3 is 23.2 Å². The average Bonchev–Trinajstić information content (AvgIpc) is 2.64. The summed E-state index contributed by atoms with van der Waals surface area (Å²) in [7, 11) is -4.90. The van der Waals surface area contributed by atoms with E-state index in [1.165, 1.54) is 12.1 Å². The lowest BCUT2D eigenvalue weighted by atomic mass is 9.77. The molecule has 1 aromatic carbocycles. The Bertz CT molecular complexity index is 686. The van der Waals surface area contributed by atoms with Crippen LogP contribution < -0.4 is 9.65 Å². The fourth-order valence-corrected chi connectivity index (χ4v) is 2.92. The Morgan fingerprint density at radius 2 is 2.14 bits per heavy atom. The highest BCUT2D eigenvalue weighted by molar-refractivity contribution is 7.86. The van der Waals surface area contributed by atoms with Gasteiger partial charge in [0, 0.05) is 0 Å². The van der Waals surface area contributed by atoms with Gasteiger partial charge in [0.25, 0.3) is 0 Å². The maximum Gasteiger partial charge on any atom is 0.492 e. The molecule has 1 aliphatic rings. The van der Waals surface area contributed by atoms with E-state index in [0.717, 1.165) is 6.26 Å². The molecule has 1 atom stereocenters. The van der Waals surface area contributed by atoms with Crippen LogP contribution in [-0.2, 0) is 24.3 Å². The molecule has 1 aliphatic heterocycles. The van der Waals surface area contributed by atoms with E-state index in [-0.39, 0.29) is 18.8 Å². The minimum Gasteiger partial charge on any atom is -0.466 e. The number of carbonyl (C=O) groups is 1. The maximum atomic E-state index is 11.6. The predicted molar refractivity (Wildman–Crippen MR) is 79.3 cm³/mol. The number of hydrogen-bond donors (Lipinski definition) is 1. The molecule has 0 amide bonds. The minimum absolute atomic E-state index is 0.0228. The zero-order chi connectivity index (χ0) is 16.5. The Kier molecular flexibility index (Phi) is 4.79. The molecule has 0 saturated heterocycles. The largest absolute Gasteiger partial charge is 0.492 e. The van der Waals surface area contributed by atoms with Crippen molar-refractivity contribution in [3.63, 3.8) is 0 Å². The molecule has 1 unspecified atom stereocenters. The number of aryl methyl sites for hydroxylation is 1. The van der Waals surface area contributed by atoms with Gasteiger partial charge in [-0.05, 0) is 42.6 Å². The maximum absolute atomic E-state index is 11.6. The predicted octanol–water partition coefficient (Wildman–Crippen LogP) is 0.0454. The topological polar surface area (TPSA) is 99.1 Å². The van der Waals surface area contributed by atoms with Crippen LogP contribution in [0.3, 0.4) is 0 Å². The van der Waals surface area contributed by atoms with E-state index in [1.54, 1.807) is 13.8 Å². The first-order chi connectivity index (χ1) is 10.2. The molecule has 1 aromatic rings. The van der Waals surface area contributed by atoms with E-state index in [4.69, 9.17) is 13.6 Å². The van der Waals surface area contributed by atoms with Gasteiger partial charge < -0.3 is 18.6 Å². The summed E-state index contributed by atoms with van der Waals surface area (Å²) in [6, 6.07) is 2.93. The van der Waals surface area contributed by atoms with E-state index in [9.17, 15) is 18.2 Å². The van der Waals surface area contributed by atoms with Crippen LogP contribution in [0.1, 0.15) is 30.6 Å². The minimum atomic E-state index is -3.67. The summed E-state index contributed by atoms with van der Waals surface area (Å²) in [6.45, 7) is 3.70. The van der Waals surface area contributed by atoms with Gasteiger partial charge in [-0.1, -0.05) is 0 Å². The molecule has 1 N–H and O–H groups in total. The summed E-state index contributed by atoms with van der Waals surface area (Å²) in [4.78, 5) is 11.6. The number of carbonyl (C=O) groups excluding carboxylic acids is 1. The fraction of sp³-hybridized carbons (Fsp3) is 0.462. The molecule has 0 saturated carbocycles. The normalized spacial score (nSPS) is 17.3. The summed E-state index contributed by atoms with van der Waals surface area (Å²) in [5.74, 6) is -0.332. The van der Waals surface area contributed by atoms with E-state index < -0.39 is 29.3 Å². The van der Waals surface area contributed by atoms with Gasteiger partial charge in [0.1, 0.15) is 5.75 Å². The van der Waals surface area contributed by atoms with Crippen molar-refractivity contribution in [3.05, 3.63) is 23.3 Å². The van der Waals surface area contributed by atoms with Crippen LogP contribution in [0.5, 0.6) is 5.75 Å². The van der Waals surface area contributed by atoms with Crippen LogP contribution in [-0.4, -0.2) is 39.4 Å². The Morgan fingerprint density at radius 1 is 1.45 bits per heavy atom. The van der Waals surface area contributed by atoms with Crippen molar-refractivity contribution in [2.24, 2.45) is 0 Å². The molecule has 0 bridgehead atoms. The summed E-state index contributed by atoms with van der Waals surface area (Å²) in [6.07, 6.45) is 0.285. The first-order valence-corrected chi connectivity index (χ1v) is 8.56. The molecule has 7 nitrogen and oxygen atoms in total. The monoisotopic (exact) mass is 328 g/mol. The summed E-state index contributed by atoms with van der Waals surface area (Å²) >= 11 is 0. The van der Waals surface area contributed by atoms with Crippen LogP contribution in [0.2, 0.25) is 0 Å². The first-order valence-electron chi connectivity index (χ1n) is 6.74. The van der Waals surface area contributed by atoms with E-state index in [1.807, 2.05) is 0 Å². The summed E-state index contributed by atoms with van der Waals surface area (Å²) in [5.41, 5.74) is 1.72. The Morgan fingerprint density at radius 3 is 2.73 bits per heavy atom. The molecular formula is C13H17BO7S. The van der Waals surface area contributed by atoms with Crippen molar-refractivity contribution in [2.75, 3.05) is 12.9 Å². The average molecular weight is 328 g/mol. The Hall–Kier alpha value is -1.58. The highest BCUT2D eigenvalue weighted by Crippen LogP contribution is 2.32. The third-order valence-electron chi connectivity index (χ3n) is 3.18. The lowest BCUT2D eigenvalue weighted by molar-refractivity contribution is -0.145. The molecule has 1 heterocycles. The molecule has 9 heteroatoms. The Labute approximate surface area is 129 Å². The smallest absolute Gasteiger partial charge is 0.466 e. The molecule has 0 fully saturated rings. The highest BCUT2D eigenvalue weighted by atomic mass is 32.2. The molecule has 0 radical (unpaired) electrons. The van der Waals surface area contributed by atoms with Crippen molar-refractivity contribution in [2.45, 2.75) is 26.4 Å². The van der Waals surface area contributed by atoms with Gasteiger partial charge in [0.15, 0.2) is 0 Å². The quantitative estimate of drug-likeness (QED) is 0.463. The SMILES string of the molecule is CCOC(=O)CC1OB(O)c2cc(OS(C)(=O)=O)cc(C)c21. The zero-order valence-electron chi connectivity index (χ0n) is 12.5. The van der Waals surface area contributed by atoms with E-state index in [2.05, 4.69) is 0 Å². The number of esters is 1. The van der Waals surface area contributed by atoms with Crippen molar-refractivity contribution in [3.8, 4) is 5.75 Å². The third-order valence-corrected chi connectivity index (χ3v) is 3.67. The standard InChI is InChI=1S/C13H17BO7S/c1-4-19-12(15)7-11-13-8(2)5-9(21-22(3,17)18)6-10(13)14(16)20-11/h5-6,11,16H,4,7H2,1-3H3. The molecule has 2 rings (SSSR count). The second-order valence-corrected chi connectivity index (χ2v) is 6.59. The van der Waals surface area contributed by atoms with Crippen LogP contribution in [0.15, 0.2) is 12.1 Å². The number of benzene rings is 1. The molecular weight excluding hydrogens is 311 g/mol. The van der Waals surface area contributed by atoms with Crippen molar-refractivity contribution in [1.82, 2.24) is 0 Å². The number of ether oxygens (including phenoxy) is 1. The number of hydrogen-bond acceptors (Lipinski definition) is 7. The first kappa shape index (κ1) is 16.8. The molecule has 0 aliphatic carbocycles. The van der Waals surface area contributed by atoms with Crippen LogP contribution in [0, 0.1) is 6.92 Å². The summed E-state index contributed by atoms with van der Waals surface area (Å²) < 4.78 is 37.5. The lowest BCUT2D eigenvalue weighted by Crippen LogP contribution is -2.28. The zero-order valence-corrected chi connectivity index (χ0v) is 13.3. The second-order valence-electron chi connectivity index (χ2n) is 5.02. The van der Waals surface area contributed by atoms with Crippen LogP contribution in [0.4, 0.5) is 0 Å². The number of rotatable bonds is 5. The molecule has 22 heavy (non-hydrogen) atoms. The third kappa shape index (κ3) is 3.79. The van der Waals surface area contributed by atoms with Gasteiger partial charge in [-0.15, -0.1) is 0 Å². The molecule has 0 aromatic heterocycles. The molecule has 120 valence electrons.